The van der Waals surface area contributed by atoms with Crippen LogP contribution in [-0.2, 0) is 6.42 Å². The number of aliphatic hydroxyl groups excluding tert-OH is 1. The number of nitrogen functional groups attached to an aromatic ring is 1. The molecule has 0 radical (unpaired) electrons. The maximum atomic E-state index is 14.8. The molecule has 2 aliphatic rings. The van der Waals surface area contributed by atoms with Crippen LogP contribution in [0.4, 0.5) is 23.2 Å². The standard InChI is InChI=1S/C24H18F4N4O/c25-12-5-11(8-29)21-14(3-4-19(26)16(21)6-12)13-1-2-15(18-9-31-32-10-20(18)30)22-17(13)7-24(27,28)23(22)33/h1-2,5-6,9-10,14,19,23,33H,3-4,7H2,(H2,30,31)/t14-,19+,23+/m1/s1. The van der Waals surface area contributed by atoms with E-state index >= 15 is 0 Å². The number of anilines is 1. The first-order chi connectivity index (χ1) is 15.7. The smallest absolute Gasteiger partial charge is 0.281 e. The fourth-order valence-corrected chi connectivity index (χ4v) is 5.16. The van der Waals surface area contributed by atoms with E-state index in [-0.39, 0.29) is 40.8 Å². The second-order valence-electron chi connectivity index (χ2n) is 8.46. The van der Waals surface area contributed by atoms with Crippen molar-refractivity contribution in [3.8, 4) is 17.2 Å². The number of alkyl halides is 3. The summed E-state index contributed by atoms with van der Waals surface area (Å²) in [5.41, 5.74) is 7.93. The van der Waals surface area contributed by atoms with Crippen LogP contribution in [0.1, 0.15) is 64.4 Å². The number of aromatic nitrogens is 2. The van der Waals surface area contributed by atoms with Crippen LogP contribution >= 0.6 is 0 Å². The molecule has 3 atom stereocenters. The van der Waals surface area contributed by atoms with Gasteiger partial charge in [-0.15, -0.1) is 0 Å². The summed E-state index contributed by atoms with van der Waals surface area (Å²) in [4.78, 5) is 0. The van der Waals surface area contributed by atoms with Gasteiger partial charge in [-0.25, -0.2) is 17.6 Å². The second-order valence-corrected chi connectivity index (χ2v) is 8.46. The van der Waals surface area contributed by atoms with Gasteiger partial charge in [0.25, 0.3) is 5.92 Å². The molecule has 3 aromatic rings. The van der Waals surface area contributed by atoms with Crippen molar-refractivity contribution in [2.45, 2.75) is 43.4 Å². The van der Waals surface area contributed by atoms with Crippen molar-refractivity contribution >= 4 is 5.69 Å². The molecule has 1 aromatic heterocycles. The molecule has 0 aliphatic heterocycles. The highest BCUT2D eigenvalue weighted by Crippen LogP contribution is 2.53. The van der Waals surface area contributed by atoms with Crippen LogP contribution in [0.3, 0.4) is 0 Å². The minimum Gasteiger partial charge on any atom is -0.397 e. The predicted octanol–water partition coefficient (Wildman–Crippen LogP) is 4.90. The average Bonchev–Trinajstić information content (AvgIpc) is 3.03. The van der Waals surface area contributed by atoms with Gasteiger partial charge in [-0.3, -0.25) is 0 Å². The molecule has 0 saturated carbocycles. The third-order valence-electron chi connectivity index (χ3n) is 6.60. The molecule has 33 heavy (non-hydrogen) atoms. The number of aliphatic hydroxyl groups is 1. The van der Waals surface area contributed by atoms with Gasteiger partial charge in [0.15, 0.2) is 0 Å². The van der Waals surface area contributed by atoms with Gasteiger partial charge < -0.3 is 10.8 Å². The highest BCUT2D eigenvalue weighted by Gasteiger charge is 2.50. The van der Waals surface area contributed by atoms with Crippen molar-refractivity contribution in [3.05, 3.63) is 75.9 Å². The van der Waals surface area contributed by atoms with Crippen LogP contribution in [0.25, 0.3) is 11.1 Å². The summed E-state index contributed by atoms with van der Waals surface area (Å²) in [6.07, 6.45) is -1.31. The van der Waals surface area contributed by atoms with Crippen molar-refractivity contribution in [1.29, 1.82) is 5.26 Å². The number of rotatable bonds is 2. The Hall–Kier alpha value is -3.51. The van der Waals surface area contributed by atoms with Gasteiger partial charge in [0, 0.05) is 17.9 Å². The first-order valence-electron chi connectivity index (χ1n) is 10.4. The Morgan fingerprint density at radius 1 is 1.06 bits per heavy atom. The van der Waals surface area contributed by atoms with E-state index in [4.69, 9.17) is 5.73 Å². The molecule has 2 aromatic carbocycles. The van der Waals surface area contributed by atoms with E-state index in [1.54, 1.807) is 12.1 Å². The lowest BCUT2D eigenvalue weighted by Crippen LogP contribution is -2.22. The molecule has 5 nitrogen and oxygen atoms in total. The van der Waals surface area contributed by atoms with E-state index in [2.05, 4.69) is 10.2 Å². The van der Waals surface area contributed by atoms with Gasteiger partial charge in [-0.2, -0.15) is 15.5 Å². The van der Waals surface area contributed by atoms with Crippen molar-refractivity contribution in [2.75, 3.05) is 5.73 Å². The first-order valence-corrected chi connectivity index (χ1v) is 10.4. The molecule has 0 amide bonds. The SMILES string of the molecule is N#Cc1cc(F)cc2c1[C@@H](c1ccc(-c3cnncc3N)c3c1CC(F)(F)[C@H]3O)CC[C@@H]2F. The summed E-state index contributed by atoms with van der Waals surface area (Å²) in [6.45, 7) is 0. The van der Waals surface area contributed by atoms with Gasteiger partial charge in [0.1, 0.15) is 18.1 Å². The highest BCUT2D eigenvalue weighted by atomic mass is 19.3. The molecular weight excluding hydrogens is 436 g/mol. The normalized spacial score (nSPS) is 23.0. The summed E-state index contributed by atoms with van der Waals surface area (Å²) in [5, 5.41) is 27.6. The van der Waals surface area contributed by atoms with E-state index < -0.39 is 36.4 Å². The van der Waals surface area contributed by atoms with Crippen molar-refractivity contribution in [3.63, 3.8) is 0 Å². The Morgan fingerprint density at radius 2 is 1.82 bits per heavy atom. The largest absolute Gasteiger partial charge is 0.397 e. The molecule has 0 saturated heterocycles. The van der Waals surface area contributed by atoms with Crippen LogP contribution in [-0.4, -0.2) is 21.2 Å². The zero-order chi connectivity index (χ0) is 23.5. The fraction of sp³-hybridized carbons (Fsp3) is 0.292. The zero-order valence-electron chi connectivity index (χ0n) is 17.2. The summed E-state index contributed by atoms with van der Waals surface area (Å²) in [7, 11) is 0. The fourth-order valence-electron chi connectivity index (χ4n) is 5.16. The number of halogens is 4. The van der Waals surface area contributed by atoms with Crippen LogP contribution in [0.15, 0.2) is 36.7 Å². The Morgan fingerprint density at radius 3 is 2.55 bits per heavy atom. The van der Waals surface area contributed by atoms with Crippen LogP contribution in [0.2, 0.25) is 0 Å². The van der Waals surface area contributed by atoms with Gasteiger partial charge in [-0.05, 0) is 58.4 Å². The molecule has 9 heteroatoms. The lowest BCUT2D eigenvalue weighted by atomic mass is 9.74. The first kappa shape index (κ1) is 21.3. The van der Waals surface area contributed by atoms with E-state index in [1.807, 2.05) is 6.07 Å². The maximum Gasteiger partial charge on any atom is 0.281 e. The summed E-state index contributed by atoms with van der Waals surface area (Å²) < 4.78 is 58.2. The van der Waals surface area contributed by atoms with Crippen molar-refractivity contribution < 1.29 is 22.7 Å². The van der Waals surface area contributed by atoms with E-state index in [0.29, 0.717) is 22.3 Å². The quantitative estimate of drug-likeness (QED) is 0.537. The van der Waals surface area contributed by atoms with Crippen LogP contribution in [0, 0.1) is 17.1 Å². The summed E-state index contributed by atoms with van der Waals surface area (Å²) >= 11 is 0. The topological polar surface area (TPSA) is 95.8 Å². The predicted molar refractivity (Wildman–Crippen MR) is 112 cm³/mol. The zero-order valence-corrected chi connectivity index (χ0v) is 17.2. The Bertz CT molecular complexity index is 1320. The minimum atomic E-state index is -3.43. The number of nitrogens with two attached hydrogens (primary N) is 1. The number of hydrogen-bond acceptors (Lipinski definition) is 5. The molecule has 5 rings (SSSR count). The van der Waals surface area contributed by atoms with Gasteiger partial charge in [0.05, 0.1) is 29.7 Å². The lowest BCUT2D eigenvalue weighted by molar-refractivity contribution is -0.0966. The van der Waals surface area contributed by atoms with Gasteiger partial charge >= 0.3 is 0 Å². The van der Waals surface area contributed by atoms with Gasteiger partial charge in [0.2, 0.25) is 0 Å². The third-order valence-corrected chi connectivity index (χ3v) is 6.60. The van der Waals surface area contributed by atoms with E-state index in [0.717, 1.165) is 12.1 Å². The Labute approximate surface area is 186 Å². The minimum absolute atomic E-state index is 0.0249. The number of benzene rings is 2. The number of hydrogen-bond donors (Lipinski definition) is 2. The molecule has 1 heterocycles. The Kier molecular flexibility index (Phi) is 4.87. The number of nitrogens with zero attached hydrogens (tertiary/aromatic N) is 3. The monoisotopic (exact) mass is 454 g/mol. The molecule has 0 fully saturated rings. The summed E-state index contributed by atoms with van der Waals surface area (Å²) in [5.74, 6) is -4.75. The molecule has 0 bridgehead atoms. The van der Waals surface area contributed by atoms with Crippen LogP contribution in [0.5, 0.6) is 0 Å². The van der Waals surface area contributed by atoms with Crippen molar-refractivity contribution in [2.24, 2.45) is 0 Å². The second kappa shape index (κ2) is 7.52. The molecule has 0 unspecified atom stereocenters. The molecule has 168 valence electrons. The third kappa shape index (κ3) is 3.25. The molecule has 2 aliphatic carbocycles. The van der Waals surface area contributed by atoms with Gasteiger partial charge in [-0.1, -0.05) is 12.1 Å². The lowest BCUT2D eigenvalue weighted by Gasteiger charge is -2.31. The number of nitriles is 1. The molecule has 3 N–H and O–H groups in total. The van der Waals surface area contributed by atoms with Crippen LogP contribution < -0.4 is 5.73 Å². The van der Waals surface area contributed by atoms with E-state index in [1.165, 1.54) is 12.4 Å². The average molecular weight is 454 g/mol. The molecule has 0 spiro atoms. The maximum absolute atomic E-state index is 14.8. The van der Waals surface area contributed by atoms with E-state index in [9.17, 15) is 27.9 Å². The Balaban J connectivity index is 1.76. The molecular formula is C24H18F4N4O. The highest BCUT2D eigenvalue weighted by molar-refractivity contribution is 5.80. The van der Waals surface area contributed by atoms with Crippen molar-refractivity contribution in [1.82, 2.24) is 10.2 Å². The summed E-state index contributed by atoms with van der Waals surface area (Å²) in [6, 6.07) is 7.23. The number of fused-ring (bicyclic) bond motifs is 2.